The molecule has 0 atom stereocenters. The summed E-state index contributed by atoms with van der Waals surface area (Å²) in [6, 6.07) is 82.9. The Hall–Kier alpha value is -8.14. The van der Waals surface area contributed by atoms with Gasteiger partial charge in [0.05, 0.1) is 11.0 Å². The van der Waals surface area contributed by atoms with E-state index in [0.717, 1.165) is 61.4 Å². The summed E-state index contributed by atoms with van der Waals surface area (Å²) in [7, 11) is 0. The van der Waals surface area contributed by atoms with Crippen LogP contribution >= 0.6 is 0 Å². The lowest BCUT2D eigenvalue weighted by molar-refractivity contribution is 0.670. The topological polar surface area (TPSA) is 21.3 Å². The molecule has 0 aliphatic carbocycles. The van der Waals surface area contributed by atoms with Gasteiger partial charge < -0.3 is 13.9 Å². The van der Waals surface area contributed by atoms with Gasteiger partial charge >= 0.3 is 0 Å². The van der Waals surface area contributed by atoms with Crippen LogP contribution in [0.25, 0.3) is 93.6 Å². The maximum Gasteiger partial charge on any atom is 0.143 e. The fourth-order valence-electron chi connectivity index (χ4n) is 9.33. The maximum absolute atomic E-state index is 6.44. The molecule has 10 aromatic carbocycles. The van der Waals surface area contributed by atoms with Crippen molar-refractivity contribution in [1.82, 2.24) is 4.57 Å². The fourth-order valence-corrected chi connectivity index (χ4v) is 9.33. The van der Waals surface area contributed by atoms with Crippen LogP contribution in [0.4, 0.5) is 17.1 Å². The summed E-state index contributed by atoms with van der Waals surface area (Å²) in [5.74, 6) is 0. The second kappa shape index (κ2) is 14.3. The largest absolute Gasteiger partial charge is 0.455 e. The molecule has 2 aromatic heterocycles. The van der Waals surface area contributed by atoms with Crippen LogP contribution in [0.5, 0.6) is 0 Å². The molecule has 286 valence electrons. The Morgan fingerprint density at radius 2 is 0.885 bits per heavy atom. The average molecular weight is 779 g/mol. The van der Waals surface area contributed by atoms with Gasteiger partial charge in [0, 0.05) is 49.9 Å². The summed E-state index contributed by atoms with van der Waals surface area (Å²) in [5, 5.41) is 7.26. The number of nitrogens with zero attached hydrogens (tertiary/aromatic N) is 2. The molecule has 0 aliphatic heterocycles. The summed E-state index contributed by atoms with van der Waals surface area (Å²) in [6.45, 7) is 0. The molecular weight excluding hydrogens is 741 g/mol. The molecule has 0 aliphatic rings. The summed E-state index contributed by atoms with van der Waals surface area (Å²) < 4.78 is 8.82. The van der Waals surface area contributed by atoms with Crippen molar-refractivity contribution in [1.29, 1.82) is 0 Å². The first-order chi connectivity index (χ1) is 30.2. The Morgan fingerprint density at radius 3 is 1.66 bits per heavy atom. The minimum atomic E-state index is 0.903. The number of furan rings is 1. The van der Waals surface area contributed by atoms with E-state index in [1.807, 2.05) is 12.1 Å². The van der Waals surface area contributed by atoms with E-state index in [0.29, 0.717) is 0 Å². The van der Waals surface area contributed by atoms with Gasteiger partial charge in [-0.1, -0.05) is 164 Å². The first kappa shape index (κ1) is 34.9. The zero-order chi connectivity index (χ0) is 40.3. The highest BCUT2D eigenvalue weighted by molar-refractivity contribution is 6.10. The Morgan fingerprint density at radius 1 is 0.328 bits per heavy atom. The van der Waals surface area contributed by atoms with Gasteiger partial charge in [0.15, 0.2) is 0 Å². The van der Waals surface area contributed by atoms with Crippen molar-refractivity contribution in [3.05, 3.63) is 231 Å². The van der Waals surface area contributed by atoms with Crippen LogP contribution in [0.15, 0.2) is 235 Å². The van der Waals surface area contributed by atoms with Crippen LogP contribution in [0.3, 0.4) is 0 Å². The third-order valence-corrected chi connectivity index (χ3v) is 12.2. The van der Waals surface area contributed by atoms with Crippen molar-refractivity contribution >= 4 is 71.6 Å². The van der Waals surface area contributed by atoms with E-state index in [-0.39, 0.29) is 0 Å². The smallest absolute Gasteiger partial charge is 0.143 e. The zero-order valence-corrected chi connectivity index (χ0v) is 33.2. The van der Waals surface area contributed by atoms with Gasteiger partial charge in [-0.15, -0.1) is 0 Å². The molecule has 0 saturated carbocycles. The second-order valence-corrected chi connectivity index (χ2v) is 15.7. The third-order valence-electron chi connectivity index (χ3n) is 12.2. The molecule has 0 saturated heterocycles. The van der Waals surface area contributed by atoms with Gasteiger partial charge in [0.2, 0.25) is 0 Å². The van der Waals surface area contributed by atoms with Crippen LogP contribution in [-0.2, 0) is 0 Å². The van der Waals surface area contributed by atoms with Crippen molar-refractivity contribution in [3.8, 4) is 39.1 Å². The first-order valence-electron chi connectivity index (χ1n) is 20.8. The van der Waals surface area contributed by atoms with E-state index in [9.17, 15) is 0 Å². The normalized spacial score (nSPS) is 11.6. The van der Waals surface area contributed by atoms with Crippen LogP contribution in [0, 0.1) is 0 Å². The van der Waals surface area contributed by atoms with Gasteiger partial charge in [-0.2, -0.15) is 0 Å². The number of hydrogen-bond donors (Lipinski definition) is 0. The molecule has 3 nitrogen and oxygen atoms in total. The van der Waals surface area contributed by atoms with Crippen molar-refractivity contribution < 1.29 is 4.42 Å². The number of fused-ring (bicyclic) bond motifs is 7. The summed E-state index contributed by atoms with van der Waals surface area (Å²) in [6.07, 6.45) is 0. The quantitative estimate of drug-likeness (QED) is 0.161. The Kier molecular flexibility index (Phi) is 8.17. The van der Waals surface area contributed by atoms with Crippen molar-refractivity contribution in [2.24, 2.45) is 0 Å². The maximum atomic E-state index is 6.44. The van der Waals surface area contributed by atoms with Gasteiger partial charge in [-0.3, -0.25) is 0 Å². The van der Waals surface area contributed by atoms with E-state index >= 15 is 0 Å². The highest BCUT2D eigenvalue weighted by Gasteiger charge is 2.18. The van der Waals surface area contributed by atoms with Crippen LogP contribution in [0.2, 0.25) is 0 Å². The zero-order valence-electron chi connectivity index (χ0n) is 33.2. The van der Waals surface area contributed by atoms with E-state index in [2.05, 4.69) is 228 Å². The molecule has 0 radical (unpaired) electrons. The van der Waals surface area contributed by atoms with Crippen LogP contribution in [-0.4, -0.2) is 4.57 Å². The monoisotopic (exact) mass is 778 g/mol. The average Bonchev–Trinajstić information content (AvgIpc) is 3.88. The number of rotatable bonds is 7. The van der Waals surface area contributed by atoms with Crippen LogP contribution in [0.1, 0.15) is 0 Å². The van der Waals surface area contributed by atoms with E-state index in [1.54, 1.807) is 0 Å². The summed E-state index contributed by atoms with van der Waals surface area (Å²) in [4.78, 5) is 2.36. The predicted molar refractivity (Wildman–Crippen MR) is 257 cm³/mol. The van der Waals surface area contributed by atoms with E-state index in [1.165, 1.54) is 49.3 Å². The van der Waals surface area contributed by atoms with Crippen molar-refractivity contribution in [2.45, 2.75) is 0 Å². The molecular formula is C58H38N2O. The van der Waals surface area contributed by atoms with E-state index < -0.39 is 0 Å². The number of para-hydroxylation sites is 4. The summed E-state index contributed by atoms with van der Waals surface area (Å²) >= 11 is 0. The minimum Gasteiger partial charge on any atom is -0.455 e. The Bertz CT molecular complexity index is 3530. The highest BCUT2D eigenvalue weighted by atomic mass is 16.3. The van der Waals surface area contributed by atoms with Crippen molar-refractivity contribution in [3.63, 3.8) is 0 Å². The lowest BCUT2D eigenvalue weighted by atomic mass is 9.97. The number of benzene rings is 10. The molecule has 61 heavy (non-hydrogen) atoms. The lowest BCUT2D eigenvalue weighted by Gasteiger charge is -2.26. The summed E-state index contributed by atoms with van der Waals surface area (Å²) in [5.41, 5.74) is 15.5. The Labute approximate surface area is 353 Å². The number of hydrogen-bond acceptors (Lipinski definition) is 2. The second-order valence-electron chi connectivity index (χ2n) is 15.7. The number of anilines is 3. The molecule has 0 fully saturated rings. The number of aromatic nitrogens is 1. The molecule has 12 rings (SSSR count). The molecule has 12 aromatic rings. The molecule has 3 heteroatoms. The highest BCUT2D eigenvalue weighted by Crippen LogP contribution is 2.41. The third kappa shape index (κ3) is 5.90. The first-order valence-corrected chi connectivity index (χ1v) is 20.8. The van der Waals surface area contributed by atoms with Gasteiger partial charge in [-0.25, -0.2) is 0 Å². The predicted octanol–water partition coefficient (Wildman–Crippen LogP) is 16.3. The molecule has 0 amide bonds. The Balaban J connectivity index is 0.956. The molecule has 0 spiro atoms. The lowest BCUT2D eigenvalue weighted by Crippen LogP contribution is -2.10. The molecule has 0 unspecified atom stereocenters. The molecule has 2 heterocycles. The molecule has 0 N–H and O–H groups in total. The minimum absolute atomic E-state index is 0.903. The van der Waals surface area contributed by atoms with Crippen molar-refractivity contribution in [2.75, 3.05) is 4.90 Å². The van der Waals surface area contributed by atoms with Gasteiger partial charge in [-0.05, 0) is 105 Å². The van der Waals surface area contributed by atoms with Crippen LogP contribution < -0.4 is 4.90 Å². The fraction of sp³-hybridized carbons (Fsp3) is 0. The van der Waals surface area contributed by atoms with Gasteiger partial charge in [0.25, 0.3) is 0 Å². The molecule has 0 bridgehead atoms. The SMILES string of the molecule is c1cc(-c2cccc3ccccc23)cc(N(c2ccc(-c3cccc(-n4c5ccccc5c5ccccc54)c3)cc2)c2ccc(-c3cccc4c3oc3ccccc34)cc2)c1. The van der Waals surface area contributed by atoms with E-state index in [4.69, 9.17) is 4.42 Å². The standard InChI is InChI=1S/C58H38N2O/c1-2-19-48-40(13-1)14-11-23-49(48)43-16-10-17-46(38-43)59(45-35-31-41(32-36-45)50-24-12-25-54-53-22-5-8-28-57(53)61-58(50)54)44-33-29-39(30-34-44)42-15-9-18-47(37-42)60-55-26-6-3-20-51(55)52-21-4-7-27-56(52)60/h1-38H. The van der Waals surface area contributed by atoms with Gasteiger partial charge in [0.1, 0.15) is 11.2 Å².